The fraction of sp³-hybridized carbons (Fsp3) is 0.562. The molecule has 1 heterocycles. The van der Waals surface area contributed by atoms with Gasteiger partial charge in [0.25, 0.3) is 0 Å². The summed E-state index contributed by atoms with van der Waals surface area (Å²) in [5, 5.41) is 6.30. The Balaban J connectivity index is 1.87. The number of nitrogens with zero attached hydrogens (tertiary/aromatic N) is 2. The summed E-state index contributed by atoms with van der Waals surface area (Å²) in [6, 6.07) is 0.00973. The number of thiazole rings is 1. The highest BCUT2D eigenvalue weighted by Crippen LogP contribution is 2.18. The summed E-state index contributed by atoms with van der Waals surface area (Å²) in [5.41, 5.74) is 0. The third-order valence-corrected chi connectivity index (χ3v) is 4.60. The van der Waals surface area contributed by atoms with Crippen LogP contribution in [0.5, 0.6) is 0 Å². The summed E-state index contributed by atoms with van der Waals surface area (Å²) in [6.45, 7) is 5.91. The Labute approximate surface area is 141 Å². The van der Waals surface area contributed by atoms with Crippen LogP contribution in [-0.2, 0) is 4.79 Å². The highest BCUT2D eigenvalue weighted by molar-refractivity contribution is 7.15. The molecule has 23 heavy (non-hydrogen) atoms. The van der Waals surface area contributed by atoms with Gasteiger partial charge in [-0.3, -0.25) is 4.79 Å². The minimum Gasteiger partial charge on any atom is -0.335 e. The van der Waals surface area contributed by atoms with E-state index in [9.17, 15) is 9.59 Å². The molecule has 6 nitrogen and oxygen atoms in total. The molecule has 2 N–H and O–H groups in total. The molecule has 1 aliphatic rings. The van der Waals surface area contributed by atoms with Gasteiger partial charge in [-0.05, 0) is 19.8 Å². The van der Waals surface area contributed by atoms with Crippen LogP contribution >= 0.6 is 11.3 Å². The number of amides is 3. The minimum atomic E-state index is -0.250. The molecule has 0 bridgehead atoms. The van der Waals surface area contributed by atoms with Crippen molar-refractivity contribution in [1.29, 1.82) is 0 Å². The molecule has 3 amide bonds. The monoisotopic (exact) mass is 336 g/mol. The standard InChI is InChI=1S/C16H24N4O2S/c1-3-9-20(16(22)18-13-7-5-4-6-8-13)11-14(21)19-15-17-10-12(2)23-15/h3,10,13H,1,4-9,11H2,2H3,(H,18,22)(H,17,19,21). The third-order valence-electron chi connectivity index (χ3n) is 3.77. The molecule has 1 aliphatic carbocycles. The molecule has 1 aromatic rings. The Morgan fingerprint density at radius 3 is 2.78 bits per heavy atom. The Morgan fingerprint density at radius 2 is 2.17 bits per heavy atom. The van der Waals surface area contributed by atoms with Gasteiger partial charge in [-0.2, -0.15) is 0 Å². The number of rotatable bonds is 6. The molecular weight excluding hydrogens is 312 g/mol. The lowest BCUT2D eigenvalue weighted by Crippen LogP contribution is -2.48. The molecule has 0 spiro atoms. The third kappa shape index (κ3) is 5.67. The van der Waals surface area contributed by atoms with Crippen LogP contribution < -0.4 is 10.6 Å². The van der Waals surface area contributed by atoms with Gasteiger partial charge in [-0.1, -0.05) is 25.3 Å². The van der Waals surface area contributed by atoms with E-state index in [0.717, 1.165) is 30.6 Å². The Kier molecular flexibility index (Phi) is 6.58. The molecule has 0 aliphatic heterocycles. The zero-order valence-corrected chi connectivity index (χ0v) is 14.3. The number of anilines is 1. The first-order valence-corrected chi connectivity index (χ1v) is 8.78. The van der Waals surface area contributed by atoms with Gasteiger partial charge in [-0.25, -0.2) is 9.78 Å². The smallest absolute Gasteiger partial charge is 0.318 e. The van der Waals surface area contributed by atoms with Gasteiger partial charge < -0.3 is 15.5 Å². The van der Waals surface area contributed by atoms with Gasteiger partial charge in [-0.15, -0.1) is 17.9 Å². The second kappa shape index (κ2) is 8.67. The fourth-order valence-electron chi connectivity index (χ4n) is 2.63. The van der Waals surface area contributed by atoms with E-state index in [0.29, 0.717) is 11.7 Å². The average Bonchev–Trinajstić information content (AvgIpc) is 2.92. The largest absolute Gasteiger partial charge is 0.335 e. The van der Waals surface area contributed by atoms with Crippen LogP contribution in [0.15, 0.2) is 18.9 Å². The average molecular weight is 336 g/mol. The van der Waals surface area contributed by atoms with Crippen molar-refractivity contribution in [3.63, 3.8) is 0 Å². The Hall–Kier alpha value is -1.89. The fourth-order valence-corrected chi connectivity index (χ4v) is 3.31. The number of hydrogen-bond acceptors (Lipinski definition) is 4. The van der Waals surface area contributed by atoms with Crippen LogP contribution in [0.4, 0.5) is 9.93 Å². The van der Waals surface area contributed by atoms with Crippen molar-refractivity contribution in [3.8, 4) is 0 Å². The van der Waals surface area contributed by atoms with Gasteiger partial charge in [0, 0.05) is 23.7 Å². The van der Waals surface area contributed by atoms with E-state index in [1.54, 1.807) is 12.3 Å². The molecule has 0 aromatic carbocycles. The molecule has 0 atom stereocenters. The summed E-state index contributed by atoms with van der Waals surface area (Å²) < 4.78 is 0. The normalized spacial score (nSPS) is 15.0. The molecule has 2 rings (SSSR count). The number of aromatic nitrogens is 1. The van der Waals surface area contributed by atoms with Crippen molar-refractivity contribution in [3.05, 3.63) is 23.7 Å². The van der Waals surface area contributed by atoms with Gasteiger partial charge in [0.05, 0.1) is 0 Å². The minimum absolute atomic E-state index is 0.0107. The van der Waals surface area contributed by atoms with E-state index < -0.39 is 0 Å². The number of carbonyl (C=O) groups excluding carboxylic acids is 2. The van der Waals surface area contributed by atoms with Gasteiger partial charge in [0.15, 0.2) is 5.13 Å². The first kappa shape index (κ1) is 17.5. The summed E-state index contributed by atoms with van der Waals surface area (Å²) in [7, 11) is 0. The second-order valence-electron chi connectivity index (χ2n) is 5.78. The van der Waals surface area contributed by atoms with Crippen molar-refractivity contribution < 1.29 is 9.59 Å². The molecular formula is C16H24N4O2S. The molecule has 1 fully saturated rings. The predicted molar refractivity (Wildman–Crippen MR) is 92.7 cm³/mol. The van der Waals surface area contributed by atoms with Crippen molar-refractivity contribution in [2.75, 3.05) is 18.4 Å². The van der Waals surface area contributed by atoms with E-state index >= 15 is 0 Å². The summed E-state index contributed by atoms with van der Waals surface area (Å²) >= 11 is 1.41. The van der Waals surface area contributed by atoms with E-state index in [-0.39, 0.29) is 24.5 Å². The maximum absolute atomic E-state index is 12.4. The van der Waals surface area contributed by atoms with Crippen molar-refractivity contribution in [2.45, 2.75) is 45.1 Å². The van der Waals surface area contributed by atoms with Gasteiger partial charge >= 0.3 is 6.03 Å². The highest BCUT2D eigenvalue weighted by Gasteiger charge is 2.21. The second-order valence-corrected chi connectivity index (χ2v) is 7.01. The Bertz CT molecular complexity index is 552. The number of aryl methyl sites for hydroxylation is 1. The summed E-state index contributed by atoms with van der Waals surface area (Å²) in [4.78, 5) is 31.1. The van der Waals surface area contributed by atoms with E-state index in [4.69, 9.17) is 0 Å². The van der Waals surface area contributed by atoms with Crippen LogP contribution in [0, 0.1) is 6.92 Å². The number of nitrogens with one attached hydrogen (secondary N) is 2. The summed E-state index contributed by atoms with van der Waals surface area (Å²) in [6.07, 6.45) is 8.89. The Morgan fingerprint density at radius 1 is 1.43 bits per heavy atom. The first-order chi connectivity index (χ1) is 11.1. The zero-order valence-electron chi connectivity index (χ0n) is 13.5. The number of carbonyl (C=O) groups is 2. The lowest BCUT2D eigenvalue weighted by molar-refractivity contribution is -0.116. The maximum atomic E-state index is 12.4. The molecule has 0 unspecified atom stereocenters. The van der Waals surface area contributed by atoms with Crippen molar-refractivity contribution in [2.24, 2.45) is 0 Å². The van der Waals surface area contributed by atoms with E-state index in [2.05, 4.69) is 22.2 Å². The van der Waals surface area contributed by atoms with Crippen LogP contribution in [0.25, 0.3) is 0 Å². The molecule has 1 aromatic heterocycles. The SMILES string of the molecule is C=CCN(CC(=O)Nc1ncc(C)s1)C(=O)NC1CCCCC1. The van der Waals surface area contributed by atoms with Crippen LogP contribution in [0.2, 0.25) is 0 Å². The topological polar surface area (TPSA) is 74.3 Å². The first-order valence-electron chi connectivity index (χ1n) is 7.97. The highest BCUT2D eigenvalue weighted by atomic mass is 32.1. The molecule has 0 radical (unpaired) electrons. The molecule has 7 heteroatoms. The maximum Gasteiger partial charge on any atom is 0.318 e. The summed E-state index contributed by atoms with van der Waals surface area (Å²) in [5.74, 6) is -0.250. The van der Waals surface area contributed by atoms with Crippen LogP contribution in [-0.4, -0.2) is 41.0 Å². The van der Waals surface area contributed by atoms with Crippen molar-refractivity contribution >= 4 is 28.4 Å². The quantitative estimate of drug-likeness (QED) is 0.784. The van der Waals surface area contributed by atoms with Crippen LogP contribution in [0.3, 0.4) is 0 Å². The van der Waals surface area contributed by atoms with Crippen molar-refractivity contribution in [1.82, 2.24) is 15.2 Å². The zero-order chi connectivity index (χ0) is 16.7. The van der Waals surface area contributed by atoms with Gasteiger partial charge in [0.1, 0.15) is 6.54 Å². The number of urea groups is 1. The van der Waals surface area contributed by atoms with E-state index in [1.807, 2.05) is 6.92 Å². The molecule has 1 saturated carbocycles. The van der Waals surface area contributed by atoms with Crippen LogP contribution in [0.1, 0.15) is 37.0 Å². The lowest BCUT2D eigenvalue weighted by atomic mass is 9.96. The molecule has 126 valence electrons. The van der Waals surface area contributed by atoms with Gasteiger partial charge in [0.2, 0.25) is 5.91 Å². The molecule has 0 saturated heterocycles. The number of hydrogen-bond donors (Lipinski definition) is 2. The lowest BCUT2D eigenvalue weighted by Gasteiger charge is -2.27. The predicted octanol–water partition coefficient (Wildman–Crippen LogP) is 2.92. The van der Waals surface area contributed by atoms with E-state index in [1.165, 1.54) is 22.7 Å².